The van der Waals surface area contributed by atoms with Crippen molar-refractivity contribution in [3.63, 3.8) is 0 Å². The van der Waals surface area contributed by atoms with Gasteiger partial charge in [-0.3, -0.25) is 37.6 Å². The molecular weight excluding hydrogens is 1080 g/mol. The number of amides is 1. The molecule has 490 valence electrons. The molecule has 0 aliphatic rings. The van der Waals surface area contributed by atoms with Gasteiger partial charge < -0.3 is 50.8 Å². The highest BCUT2D eigenvalue weighted by Gasteiger charge is 2.30. The number of hydrogen-bond donors (Lipinski definition) is 6. The summed E-state index contributed by atoms with van der Waals surface area (Å²) in [6.45, 7) is 42.8. The molecule has 1 rings (SSSR count). The maximum atomic E-state index is 13.0. The summed E-state index contributed by atoms with van der Waals surface area (Å²) in [6, 6.07) is 6.12. The molecule has 20 heteroatoms. The Bertz CT molecular complexity index is 1950. The fourth-order valence-corrected chi connectivity index (χ4v) is 7.13. The van der Waals surface area contributed by atoms with Crippen LogP contribution in [0.15, 0.2) is 36.6 Å². The third-order valence-corrected chi connectivity index (χ3v) is 12.7. The van der Waals surface area contributed by atoms with E-state index in [9.17, 15) is 33.3 Å². The average molecular weight is 1210 g/mol. The molecule has 0 bridgehead atoms. The van der Waals surface area contributed by atoms with Gasteiger partial charge in [0.1, 0.15) is 6.04 Å². The fourth-order valence-electron chi connectivity index (χ4n) is 5.98. The maximum absolute atomic E-state index is 13.0. The predicted octanol–water partition coefficient (Wildman–Crippen LogP) is 15.0. The third-order valence-electron chi connectivity index (χ3n) is 10.9. The molecule has 7 N–H and O–H groups in total. The van der Waals surface area contributed by atoms with Crippen molar-refractivity contribution in [2.75, 3.05) is 58.0 Å². The zero-order valence-corrected chi connectivity index (χ0v) is 53.9. The molecule has 0 spiro atoms. The van der Waals surface area contributed by atoms with E-state index in [-0.39, 0.29) is 59.1 Å². The van der Waals surface area contributed by atoms with E-state index < -0.39 is 61.9 Å². The van der Waals surface area contributed by atoms with E-state index in [4.69, 9.17) is 43.9 Å². The number of hydrogen-bond acceptors (Lipinski definition) is 16. The topological polar surface area (TPSA) is 277 Å². The number of carboxylic acid groups (broad SMARTS) is 2. The number of rotatable bonds is 31. The van der Waals surface area contributed by atoms with Crippen molar-refractivity contribution in [3.8, 4) is 0 Å². The van der Waals surface area contributed by atoms with Crippen LogP contribution >= 0.6 is 7.60 Å². The highest BCUT2D eigenvalue weighted by atomic mass is 31.2. The zero-order valence-electron chi connectivity index (χ0n) is 53.0. The van der Waals surface area contributed by atoms with Crippen LogP contribution in [0.4, 0.5) is 5.69 Å². The largest absolute Gasteiger partial charge is 0.480 e. The molecule has 1 amide bonds. The Kier molecular flexibility index (Phi) is 48.5. The molecule has 83 heavy (non-hydrogen) atoms. The third kappa shape index (κ3) is 60.4. The van der Waals surface area contributed by atoms with E-state index in [0.717, 1.165) is 63.8 Å². The molecule has 0 heterocycles. The Hall–Kier alpha value is -4.55. The van der Waals surface area contributed by atoms with Gasteiger partial charge in [-0.2, -0.15) is 0 Å². The molecule has 0 aliphatic carbocycles. The summed E-state index contributed by atoms with van der Waals surface area (Å²) in [5.74, 6) is -2.69. The maximum Gasteiger partial charge on any atom is 0.338 e. The summed E-state index contributed by atoms with van der Waals surface area (Å²) >= 11 is 0. The summed E-state index contributed by atoms with van der Waals surface area (Å²) in [4.78, 5) is 68.0. The van der Waals surface area contributed by atoms with Crippen molar-refractivity contribution in [1.82, 2.24) is 10.6 Å². The number of nitrogens with one attached hydrogen (secondary N) is 3. The summed E-state index contributed by atoms with van der Waals surface area (Å²) in [6.07, 6.45) is 10.9. The van der Waals surface area contributed by atoms with Crippen LogP contribution in [0.1, 0.15) is 241 Å². The normalized spacial score (nSPS) is 11.9. The van der Waals surface area contributed by atoms with Crippen molar-refractivity contribution >= 4 is 49.0 Å². The molecule has 0 aromatic heterocycles. The number of anilines is 1. The molecule has 19 nitrogen and oxygen atoms in total. The van der Waals surface area contributed by atoms with Gasteiger partial charge in [0.15, 0.2) is 0 Å². The van der Waals surface area contributed by atoms with Crippen LogP contribution in [0.5, 0.6) is 0 Å². The number of carbonyl (C=O) groups is 6. The Morgan fingerprint density at radius 1 is 0.578 bits per heavy atom. The second-order valence-electron chi connectivity index (χ2n) is 26.9. The van der Waals surface area contributed by atoms with Gasteiger partial charge in [-0.15, -0.1) is 0 Å². The van der Waals surface area contributed by atoms with Gasteiger partial charge in [-0.05, 0) is 146 Å². The van der Waals surface area contributed by atoms with Crippen molar-refractivity contribution in [3.05, 3.63) is 42.2 Å². The number of aliphatic carboxylic acids is 1. The summed E-state index contributed by atoms with van der Waals surface area (Å²) in [5.41, 5.74) is 6.09. The smallest absolute Gasteiger partial charge is 0.338 e. The molecule has 1 aromatic carbocycles. The van der Waals surface area contributed by atoms with Gasteiger partial charge in [0.05, 0.1) is 28.3 Å². The number of aromatic carboxylic acids is 1. The van der Waals surface area contributed by atoms with Crippen LogP contribution in [-0.4, -0.2) is 105 Å². The quantitative estimate of drug-likeness (QED) is 0.0101. The first-order valence-electron chi connectivity index (χ1n) is 28.1. The summed E-state index contributed by atoms with van der Waals surface area (Å²) in [5, 5.41) is 26.6. The highest BCUT2D eigenvalue weighted by Crippen LogP contribution is 2.48. The predicted molar refractivity (Wildman–Crippen MR) is 339 cm³/mol. The van der Waals surface area contributed by atoms with Crippen LogP contribution in [-0.2, 0) is 56.5 Å². The van der Waals surface area contributed by atoms with E-state index in [1.807, 2.05) is 20.8 Å². The first-order chi connectivity index (χ1) is 36.4. The van der Waals surface area contributed by atoms with Gasteiger partial charge in [-0.25, -0.2) is 4.79 Å². The minimum atomic E-state index is -3.81. The first-order valence-corrected chi connectivity index (χ1v) is 29.8. The number of carboxylic acids is 2. The van der Waals surface area contributed by atoms with E-state index >= 15 is 0 Å². The lowest BCUT2D eigenvalue weighted by molar-refractivity contribution is -0.162. The van der Waals surface area contributed by atoms with Crippen molar-refractivity contribution < 1.29 is 71.5 Å². The lowest BCUT2D eigenvalue weighted by Crippen LogP contribution is -2.30. The van der Waals surface area contributed by atoms with Crippen LogP contribution in [0.25, 0.3) is 0 Å². The summed E-state index contributed by atoms with van der Waals surface area (Å²) in [7, 11) is -3.81. The monoisotopic (exact) mass is 1210 g/mol. The SMILES string of the molecule is C.C.C.C=C(C)OCOC(=O)CCCCCCC(C)(C)C.CC(C)(C)CC(=O)NCCP(=O)(OCOC(=O)C(C)(C)C)OCOC(=O)C(C)(C)C.CC(C)(C)CCNCCCC[C@@H](N)C(=O)O.CC(C)(C)CCNc1ccc(C(=O)O)cc1. The Morgan fingerprint density at radius 3 is 1.47 bits per heavy atom. The van der Waals surface area contributed by atoms with Crippen LogP contribution < -0.4 is 21.7 Å². The second kappa shape index (κ2) is 44.9. The van der Waals surface area contributed by atoms with Gasteiger partial charge in [-0.1, -0.05) is 138 Å². The van der Waals surface area contributed by atoms with E-state index in [1.54, 1.807) is 72.7 Å². The van der Waals surface area contributed by atoms with E-state index in [2.05, 4.69) is 84.8 Å². The van der Waals surface area contributed by atoms with Gasteiger partial charge >= 0.3 is 37.4 Å². The van der Waals surface area contributed by atoms with Gasteiger partial charge in [0.25, 0.3) is 0 Å². The van der Waals surface area contributed by atoms with Crippen molar-refractivity contribution in [1.29, 1.82) is 0 Å². The minimum absolute atomic E-state index is 0. The molecule has 0 aliphatic heterocycles. The van der Waals surface area contributed by atoms with Crippen molar-refractivity contribution in [2.45, 2.75) is 237 Å². The Balaban J connectivity index is -0.000000245. The Labute approximate surface area is 504 Å². The molecule has 0 fully saturated rings. The molecule has 1 aromatic rings. The second-order valence-corrected chi connectivity index (χ2v) is 29.0. The van der Waals surface area contributed by atoms with Gasteiger partial charge in [0, 0.05) is 31.6 Å². The standard InChI is InChI=1S/C20H38NO8P.C15H28O3.C13H19NO2.C12H26N2O2.3CH4/c1-18(2,3)12-15(22)21-10-11-30(25,28-13-26-16(23)19(4,5)6)29-14-27-17(24)20(7,8)9;1-13(2)17-12-18-14(16)10-8-6-7-9-11-15(3,4)5;1-13(2,3)8-9-14-11-6-4-10(5-7-11)12(15)16;1-12(2,3)7-9-14-8-5-4-6-10(13)11(15)16;;;/h10-14H2,1-9H3,(H,21,22);1,6-12H2,2-5H3;4-7,14H,8-9H2,1-3H3,(H,15,16);10,14H,4-9,13H2,1-3H3,(H,15,16);3*1H4/t;;;10-;;;/m...1.../s1. The minimum Gasteiger partial charge on any atom is -0.480 e. The number of unbranched alkanes of at least 4 members (excludes halogenated alkanes) is 4. The number of benzene rings is 1. The number of ether oxygens (including phenoxy) is 4. The number of allylic oxidation sites excluding steroid dienone is 1. The van der Waals surface area contributed by atoms with E-state index in [0.29, 0.717) is 46.8 Å². The zero-order chi connectivity index (χ0) is 62.6. The molecule has 0 saturated carbocycles. The molecule has 0 saturated heterocycles. The van der Waals surface area contributed by atoms with Gasteiger partial charge in [0.2, 0.25) is 26.3 Å². The molecule has 0 unspecified atom stereocenters. The first kappa shape index (κ1) is 89.7. The summed E-state index contributed by atoms with van der Waals surface area (Å²) < 4.78 is 43.1. The number of nitrogens with two attached hydrogens (primary N) is 1. The molecule has 1 atom stereocenters. The lowest BCUT2D eigenvalue weighted by atomic mass is 9.89. The Morgan fingerprint density at radius 2 is 1.05 bits per heavy atom. The van der Waals surface area contributed by atoms with E-state index in [1.165, 1.54) is 19.3 Å². The average Bonchev–Trinajstić information content (AvgIpc) is 3.28. The van der Waals surface area contributed by atoms with Crippen molar-refractivity contribution in [2.24, 2.45) is 38.2 Å². The number of esters is 3. The highest BCUT2D eigenvalue weighted by molar-refractivity contribution is 7.53. The van der Waals surface area contributed by atoms with Crippen LogP contribution in [0, 0.1) is 32.5 Å². The lowest BCUT2D eigenvalue weighted by Gasteiger charge is -2.22. The fraction of sp³-hybridized carbons (Fsp3) is 0.778. The van der Waals surface area contributed by atoms with Crippen LogP contribution in [0.2, 0.25) is 0 Å². The van der Waals surface area contributed by atoms with Crippen LogP contribution in [0.3, 0.4) is 0 Å². The molecule has 0 radical (unpaired) electrons. The number of carbonyl (C=O) groups excluding carboxylic acids is 4. The molecular formula is C63H123N4O15P.